The number of rotatable bonds is 11. The maximum Gasteiger partial charge on any atom is 0.249 e. The van der Waals surface area contributed by atoms with Crippen molar-refractivity contribution in [1.29, 1.82) is 0 Å². The molecule has 31 heavy (non-hydrogen) atoms. The van der Waals surface area contributed by atoms with Crippen LogP contribution in [0.2, 0.25) is 0 Å². The Morgan fingerprint density at radius 2 is 1.94 bits per heavy atom. The molecule has 2 heterocycles. The topological polar surface area (TPSA) is 65.4 Å². The summed E-state index contributed by atoms with van der Waals surface area (Å²) in [5.41, 5.74) is 2.18. The summed E-state index contributed by atoms with van der Waals surface area (Å²) in [6, 6.07) is 18.2. The molecule has 164 valence electrons. The van der Waals surface area contributed by atoms with E-state index in [9.17, 15) is 4.79 Å². The van der Waals surface area contributed by atoms with Gasteiger partial charge in [-0.25, -0.2) is 4.98 Å². The quantitative estimate of drug-likeness (QED) is 0.473. The predicted molar refractivity (Wildman–Crippen MR) is 121 cm³/mol. The second-order valence-electron chi connectivity index (χ2n) is 7.93. The largest absolute Gasteiger partial charge is 0.492 e. The van der Waals surface area contributed by atoms with Crippen molar-refractivity contribution >= 4 is 16.9 Å². The number of unbranched alkanes of at least 4 members (excludes halogenated alkanes) is 2. The van der Waals surface area contributed by atoms with Crippen LogP contribution in [0.4, 0.5) is 0 Å². The molecular weight excluding hydrogens is 390 g/mol. The molecule has 3 aromatic rings. The number of benzene rings is 2. The number of imidazole rings is 1. The molecule has 1 aromatic heterocycles. The standard InChI is InChI=1S/C25H31N3O3/c29-25(23-14-9-18-31-23)26-16-8-2-5-15-24-27-21-12-6-7-13-22(21)28(24)17-19-30-20-10-3-1-4-11-20/h1,3-4,6-7,10-13,23H,2,5,8-9,14-19H2,(H,26,29). The zero-order chi connectivity index (χ0) is 21.3. The molecule has 6 heteroatoms. The molecule has 0 spiro atoms. The zero-order valence-electron chi connectivity index (χ0n) is 18.0. The molecule has 0 bridgehead atoms. The van der Waals surface area contributed by atoms with Gasteiger partial charge >= 0.3 is 0 Å². The maximum absolute atomic E-state index is 12.0. The highest BCUT2D eigenvalue weighted by Crippen LogP contribution is 2.18. The lowest BCUT2D eigenvalue weighted by atomic mass is 10.2. The summed E-state index contributed by atoms with van der Waals surface area (Å²) in [5, 5.41) is 3.00. The fourth-order valence-corrected chi connectivity index (χ4v) is 4.03. The van der Waals surface area contributed by atoms with E-state index in [0.717, 1.165) is 67.7 Å². The van der Waals surface area contributed by atoms with Crippen LogP contribution in [0, 0.1) is 0 Å². The minimum Gasteiger partial charge on any atom is -0.492 e. The first-order chi connectivity index (χ1) is 15.3. The molecule has 6 nitrogen and oxygen atoms in total. The minimum absolute atomic E-state index is 0.0395. The summed E-state index contributed by atoms with van der Waals surface area (Å²) >= 11 is 0. The van der Waals surface area contributed by atoms with Crippen LogP contribution in [0.3, 0.4) is 0 Å². The maximum atomic E-state index is 12.0. The number of amides is 1. The summed E-state index contributed by atoms with van der Waals surface area (Å²) in [6.45, 7) is 2.78. The van der Waals surface area contributed by atoms with E-state index in [1.807, 2.05) is 36.4 Å². The van der Waals surface area contributed by atoms with Crippen molar-refractivity contribution < 1.29 is 14.3 Å². The van der Waals surface area contributed by atoms with Crippen molar-refractivity contribution in [1.82, 2.24) is 14.9 Å². The van der Waals surface area contributed by atoms with Gasteiger partial charge < -0.3 is 19.4 Å². The Kier molecular flexibility index (Phi) is 7.56. The molecule has 1 saturated heterocycles. The van der Waals surface area contributed by atoms with E-state index >= 15 is 0 Å². The number of hydrogen-bond donors (Lipinski definition) is 1. The van der Waals surface area contributed by atoms with Crippen LogP contribution < -0.4 is 10.1 Å². The number of carbonyl (C=O) groups excluding carboxylic acids is 1. The second kappa shape index (κ2) is 11.0. The first-order valence-corrected chi connectivity index (χ1v) is 11.3. The van der Waals surface area contributed by atoms with E-state index < -0.39 is 0 Å². The van der Waals surface area contributed by atoms with Gasteiger partial charge in [0, 0.05) is 19.6 Å². The van der Waals surface area contributed by atoms with Crippen molar-refractivity contribution in [3.63, 3.8) is 0 Å². The highest BCUT2D eigenvalue weighted by Gasteiger charge is 2.22. The van der Waals surface area contributed by atoms with Crippen LogP contribution in [0.15, 0.2) is 54.6 Å². The first kappa shape index (κ1) is 21.4. The summed E-state index contributed by atoms with van der Waals surface area (Å²) in [4.78, 5) is 16.8. The number of aryl methyl sites for hydroxylation is 1. The van der Waals surface area contributed by atoms with E-state index in [1.165, 1.54) is 0 Å². The third-order valence-corrected chi connectivity index (χ3v) is 5.66. The van der Waals surface area contributed by atoms with Gasteiger partial charge in [-0.2, -0.15) is 0 Å². The van der Waals surface area contributed by atoms with Crippen LogP contribution in [0.25, 0.3) is 11.0 Å². The van der Waals surface area contributed by atoms with Crippen molar-refractivity contribution in [2.45, 2.75) is 51.2 Å². The molecule has 0 radical (unpaired) electrons. The Balaban J connectivity index is 1.25. The lowest BCUT2D eigenvalue weighted by molar-refractivity contribution is -0.130. The molecule has 1 aliphatic heterocycles. The fraction of sp³-hybridized carbons (Fsp3) is 0.440. The van der Waals surface area contributed by atoms with E-state index in [1.54, 1.807) is 0 Å². The zero-order valence-corrected chi connectivity index (χ0v) is 18.0. The van der Waals surface area contributed by atoms with Gasteiger partial charge in [-0.3, -0.25) is 4.79 Å². The number of hydrogen-bond acceptors (Lipinski definition) is 4. The van der Waals surface area contributed by atoms with Crippen LogP contribution in [-0.2, 0) is 22.5 Å². The van der Waals surface area contributed by atoms with Gasteiger partial charge in [0.05, 0.1) is 17.6 Å². The Bertz CT molecular complexity index is 965. The third kappa shape index (κ3) is 5.85. The normalized spacial score (nSPS) is 15.9. The van der Waals surface area contributed by atoms with Crippen molar-refractivity contribution in [3.8, 4) is 5.75 Å². The van der Waals surface area contributed by atoms with Crippen molar-refractivity contribution in [3.05, 3.63) is 60.4 Å². The Morgan fingerprint density at radius 3 is 2.77 bits per heavy atom. The number of carbonyl (C=O) groups is 1. The molecule has 1 amide bonds. The molecule has 0 aliphatic carbocycles. The van der Waals surface area contributed by atoms with Gasteiger partial charge in [-0.15, -0.1) is 0 Å². The molecular formula is C25H31N3O3. The monoisotopic (exact) mass is 421 g/mol. The Labute approximate surface area is 183 Å². The first-order valence-electron chi connectivity index (χ1n) is 11.3. The highest BCUT2D eigenvalue weighted by atomic mass is 16.5. The molecule has 1 aliphatic rings. The lowest BCUT2D eigenvalue weighted by Crippen LogP contribution is -2.34. The molecule has 0 saturated carbocycles. The van der Waals surface area contributed by atoms with E-state index in [-0.39, 0.29) is 12.0 Å². The highest BCUT2D eigenvalue weighted by molar-refractivity contribution is 5.80. The molecule has 2 aromatic carbocycles. The third-order valence-electron chi connectivity index (χ3n) is 5.66. The van der Waals surface area contributed by atoms with Crippen molar-refractivity contribution in [2.24, 2.45) is 0 Å². The summed E-state index contributed by atoms with van der Waals surface area (Å²) < 4.78 is 13.6. The van der Waals surface area contributed by atoms with Crippen LogP contribution >= 0.6 is 0 Å². The smallest absolute Gasteiger partial charge is 0.249 e. The van der Waals surface area contributed by atoms with Gasteiger partial charge in [-0.1, -0.05) is 36.8 Å². The Morgan fingerprint density at radius 1 is 1.10 bits per heavy atom. The van der Waals surface area contributed by atoms with Crippen LogP contribution in [0.5, 0.6) is 5.75 Å². The van der Waals surface area contributed by atoms with Gasteiger partial charge in [0.15, 0.2) is 0 Å². The number of fused-ring (bicyclic) bond motifs is 1. The summed E-state index contributed by atoms with van der Waals surface area (Å²) in [5.74, 6) is 2.03. The SMILES string of the molecule is O=C(NCCCCCc1nc2ccccc2n1CCOc1ccccc1)C1CCCO1. The minimum atomic E-state index is -0.238. The molecule has 1 atom stereocenters. The summed E-state index contributed by atoms with van der Waals surface area (Å²) in [7, 11) is 0. The molecule has 1 N–H and O–H groups in total. The number of aromatic nitrogens is 2. The fourth-order valence-electron chi connectivity index (χ4n) is 4.03. The second-order valence-corrected chi connectivity index (χ2v) is 7.93. The Hall–Kier alpha value is -2.86. The number of nitrogens with one attached hydrogen (secondary N) is 1. The van der Waals surface area contributed by atoms with Crippen LogP contribution in [-0.4, -0.2) is 41.3 Å². The summed E-state index contributed by atoms with van der Waals surface area (Å²) in [6.07, 6.45) is 5.56. The van der Waals surface area contributed by atoms with E-state index in [0.29, 0.717) is 19.8 Å². The van der Waals surface area contributed by atoms with Gasteiger partial charge in [0.2, 0.25) is 5.91 Å². The van der Waals surface area contributed by atoms with Crippen LogP contribution in [0.1, 0.15) is 37.9 Å². The van der Waals surface area contributed by atoms with E-state index in [2.05, 4.69) is 28.1 Å². The molecule has 4 rings (SSSR count). The average molecular weight is 422 g/mol. The van der Waals surface area contributed by atoms with E-state index in [4.69, 9.17) is 14.5 Å². The average Bonchev–Trinajstić information content (AvgIpc) is 3.45. The van der Waals surface area contributed by atoms with Gasteiger partial charge in [0.1, 0.15) is 24.3 Å². The van der Waals surface area contributed by atoms with Gasteiger partial charge in [-0.05, 0) is 49.9 Å². The predicted octanol–water partition coefficient (Wildman–Crippen LogP) is 4.12. The van der Waals surface area contributed by atoms with Gasteiger partial charge in [0.25, 0.3) is 0 Å². The number of para-hydroxylation sites is 3. The molecule has 1 unspecified atom stereocenters. The molecule has 1 fully saturated rings. The number of ether oxygens (including phenoxy) is 2. The lowest BCUT2D eigenvalue weighted by Gasteiger charge is -2.11. The van der Waals surface area contributed by atoms with Crippen molar-refractivity contribution in [2.75, 3.05) is 19.8 Å². The number of nitrogens with zero attached hydrogens (tertiary/aromatic N) is 2.